The van der Waals surface area contributed by atoms with Crippen LogP contribution in [0.4, 0.5) is 10.5 Å². The summed E-state index contributed by atoms with van der Waals surface area (Å²) in [4.78, 5) is 49.4. The van der Waals surface area contributed by atoms with Crippen LogP contribution in [0, 0.1) is 0 Å². The van der Waals surface area contributed by atoms with E-state index in [2.05, 4.69) is 5.43 Å². The minimum Gasteiger partial charge on any atom is -0.378 e. The molecule has 10 nitrogen and oxygen atoms in total. The Hall–Kier alpha value is -4.90. The number of thiazole rings is 1. The van der Waals surface area contributed by atoms with Crippen molar-refractivity contribution in [1.82, 2.24) is 19.4 Å². The maximum Gasteiger partial charge on any atom is 0.324 e. The first-order valence-corrected chi connectivity index (χ1v) is 14.5. The van der Waals surface area contributed by atoms with Crippen LogP contribution in [0.2, 0.25) is 0 Å². The van der Waals surface area contributed by atoms with Gasteiger partial charge in [0.15, 0.2) is 0 Å². The maximum absolute atomic E-state index is 13.8. The number of fused-ring (bicyclic) bond motifs is 2. The largest absolute Gasteiger partial charge is 0.378 e. The van der Waals surface area contributed by atoms with Crippen molar-refractivity contribution in [2.45, 2.75) is 11.3 Å². The van der Waals surface area contributed by atoms with E-state index >= 15 is 0 Å². The van der Waals surface area contributed by atoms with Gasteiger partial charge in [-0.1, -0.05) is 84.1 Å². The fourth-order valence-electron chi connectivity index (χ4n) is 5.54. The van der Waals surface area contributed by atoms with Gasteiger partial charge in [0.25, 0.3) is 5.56 Å². The molecule has 0 saturated carbocycles. The van der Waals surface area contributed by atoms with E-state index in [-0.39, 0.29) is 11.6 Å². The number of nitrogens with zero attached hydrogens (tertiary/aromatic N) is 6. The summed E-state index contributed by atoms with van der Waals surface area (Å²) in [5, 5.41) is 0. The number of carbonyl (C=O) groups excluding carboxylic acids is 2. The molecule has 2 unspecified atom stereocenters. The van der Waals surface area contributed by atoms with Gasteiger partial charge in [0, 0.05) is 59.1 Å². The first kappa shape index (κ1) is 29.6. The fraction of sp³-hybridized carbons (Fsp3) is 0.250. The Labute approximate surface area is 254 Å². The molecular formula is C32H35N7O3S. The minimum atomic E-state index is -1.18. The molecule has 2 aliphatic heterocycles. The Kier molecular flexibility index (Phi) is 7.85. The summed E-state index contributed by atoms with van der Waals surface area (Å²) in [5.41, 5.74) is 4.61. The fourth-order valence-corrected chi connectivity index (χ4v) is 6.50. The number of aromatic nitrogens is 1. The van der Waals surface area contributed by atoms with Gasteiger partial charge in [-0.15, -0.1) is 0 Å². The number of rotatable bonds is 5. The summed E-state index contributed by atoms with van der Waals surface area (Å²) in [6.07, 6.45) is 2.63. The van der Waals surface area contributed by atoms with E-state index in [0.717, 1.165) is 28.8 Å². The Balaban J connectivity index is 0.000000682. The van der Waals surface area contributed by atoms with Crippen molar-refractivity contribution in [3.63, 3.8) is 0 Å². The molecule has 11 heteroatoms. The summed E-state index contributed by atoms with van der Waals surface area (Å²) in [5.74, 6) is 0. The van der Waals surface area contributed by atoms with Crippen LogP contribution in [-0.2, 0) is 16.1 Å². The summed E-state index contributed by atoms with van der Waals surface area (Å²) in [6.45, 7) is 0. The first-order chi connectivity index (χ1) is 20.6. The van der Waals surface area contributed by atoms with E-state index in [1.807, 2.05) is 110 Å². The van der Waals surface area contributed by atoms with Crippen molar-refractivity contribution in [1.29, 1.82) is 0 Å². The van der Waals surface area contributed by atoms with Crippen molar-refractivity contribution < 1.29 is 9.59 Å². The lowest BCUT2D eigenvalue weighted by atomic mass is 9.80. The number of urea groups is 1. The lowest BCUT2D eigenvalue weighted by Gasteiger charge is -2.49. The van der Waals surface area contributed by atoms with Crippen LogP contribution in [0.15, 0.2) is 94.7 Å². The molecule has 0 aliphatic carbocycles. The molecule has 0 bridgehead atoms. The number of hydrogen-bond acceptors (Lipinski definition) is 7. The van der Waals surface area contributed by atoms with Crippen LogP contribution in [0.3, 0.4) is 0 Å². The standard InChI is InChI=1S/C29H28N6O2S.C3H7NO/c1-32(2)23-17-15-20(16-18-23)19-24-25(36)35-26(38-24)30-28(21-11-7-5-8-12-21)29(31-35,22-13-9-6-10-14-22)34(4)27(37)33(28)3;1-4(2)3-5/h5-19,31H,1-4H3;3H,1-2H3/b24-19+;. The molecule has 0 radical (unpaired) electrons. The number of amides is 3. The van der Waals surface area contributed by atoms with Crippen molar-refractivity contribution >= 4 is 35.5 Å². The smallest absolute Gasteiger partial charge is 0.324 e. The van der Waals surface area contributed by atoms with Gasteiger partial charge in [0.2, 0.25) is 22.5 Å². The van der Waals surface area contributed by atoms with Gasteiger partial charge in [-0.05, 0) is 23.8 Å². The van der Waals surface area contributed by atoms with E-state index in [9.17, 15) is 14.4 Å². The highest BCUT2D eigenvalue weighted by Crippen LogP contribution is 2.53. The second-order valence-corrected chi connectivity index (χ2v) is 11.8. The molecule has 0 spiro atoms. The lowest BCUT2D eigenvalue weighted by Crippen LogP contribution is -2.67. The number of nitrogens with one attached hydrogen (secondary N) is 1. The van der Waals surface area contributed by atoms with Gasteiger partial charge >= 0.3 is 6.03 Å². The molecule has 2 aliphatic rings. The molecule has 1 N–H and O–H groups in total. The molecular weight excluding hydrogens is 562 g/mol. The van der Waals surface area contributed by atoms with Crippen molar-refractivity contribution in [2.24, 2.45) is 4.99 Å². The average Bonchev–Trinajstić information content (AvgIpc) is 3.41. The quantitative estimate of drug-likeness (QED) is 0.357. The van der Waals surface area contributed by atoms with Crippen LogP contribution >= 0.6 is 11.3 Å². The van der Waals surface area contributed by atoms with Gasteiger partial charge in [0.05, 0.1) is 4.53 Å². The molecule has 222 valence electrons. The lowest BCUT2D eigenvalue weighted by molar-refractivity contribution is -0.115. The second kappa shape index (κ2) is 11.4. The Bertz CT molecular complexity index is 1800. The van der Waals surface area contributed by atoms with E-state index in [4.69, 9.17) is 4.99 Å². The second-order valence-electron chi connectivity index (χ2n) is 10.8. The first-order valence-electron chi connectivity index (χ1n) is 13.7. The van der Waals surface area contributed by atoms with Crippen molar-refractivity contribution in [2.75, 3.05) is 52.6 Å². The summed E-state index contributed by atoms with van der Waals surface area (Å²) < 4.78 is 2.04. The minimum absolute atomic E-state index is 0.204. The highest BCUT2D eigenvalue weighted by Gasteiger charge is 2.69. The summed E-state index contributed by atoms with van der Waals surface area (Å²) >= 11 is 1.31. The summed E-state index contributed by atoms with van der Waals surface area (Å²) in [6, 6.07) is 27.3. The average molecular weight is 598 g/mol. The SMILES string of the molecule is CN(C)C=O.CN(C)c1ccc(/C=c2/sc3n(c2=O)NC2(c4ccccc4)N(C)C(=O)N(C)C2(c2ccccc2)N=3)cc1. The van der Waals surface area contributed by atoms with Crippen LogP contribution in [0.25, 0.3) is 6.08 Å². The number of anilines is 1. The van der Waals surface area contributed by atoms with E-state index in [1.165, 1.54) is 20.9 Å². The van der Waals surface area contributed by atoms with Crippen molar-refractivity contribution in [3.05, 3.63) is 121 Å². The molecule has 3 aromatic carbocycles. The molecule has 6 rings (SSSR count). The zero-order chi connectivity index (χ0) is 30.9. The number of likely N-dealkylation sites (N-methyl/N-ethyl adjacent to an activating group) is 2. The predicted molar refractivity (Wildman–Crippen MR) is 170 cm³/mol. The van der Waals surface area contributed by atoms with Crippen LogP contribution in [0.1, 0.15) is 16.7 Å². The van der Waals surface area contributed by atoms with E-state index in [1.54, 1.807) is 38.0 Å². The number of carbonyl (C=O) groups is 2. The topological polar surface area (TPSA) is 93.5 Å². The Morgan fingerprint density at radius 2 is 1.37 bits per heavy atom. The molecule has 3 amide bonds. The molecule has 1 saturated heterocycles. The number of benzene rings is 3. The maximum atomic E-state index is 13.8. The van der Waals surface area contributed by atoms with E-state index in [0.29, 0.717) is 9.33 Å². The van der Waals surface area contributed by atoms with Gasteiger partial charge < -0.3 is 9.80 Å². The normalized spacial score (nSPS) is 20.7. The van der Waals surface area contributed by atoms with Gasteiger partial charge in [0.1, 0.15) is 0 Å². The Morgan fingerprint density at radius 3 is 1.91 bits per heavy atom. The third-order valence-electron chi connectivity index (χ3n) is 7.69. The van der Waals surface area contributed by atoms with Gasteiger partial charge in [-0.3, -0.25) is 24.8 Å². The van der Waals surface area contributed by atoms with Gasteiger partial charge in [-0.2, -0.15) is 4.68 Å². The molecule has 1 fully saturated rings. The van der Waals surface area contributed by atoms with Crippen LogP contribution < -0.4 is 25.2 Å². The summed E-state index contributed by atoms with van der Waals surface area (Å²) in [7, 11) is 10.9. The van der Waals surface area contributed by atoms with E-state index < -0.39 is 11.3 Å². The highest BCUT2D eigenvalue weighted by atomic mass is 32.1. The third kappa shape index (κ3) is 4.75. The zero-order valence-electron chi connectivity index (χ0n) is 25.1. The zero-order valence-corrected chi connectivity index (χ0v) is 25.9. The molecule has 2 atom stereocenters. The molecule has 4 aromatic rings. The predicted octanol–water partition coefficient (Wildman–Crippen LogP) is 2.39. The molecule has 3 heterocycles. The Morgan fingerprint density at radius 1 is 0.814 bits per heavy atom. The number of hydrogen-bond donors (Lipinski definition) is 1. The third-order valence-corrected chi connectivity index (χ3v) is 8.66. The highest BCUT2D eigenvalue weighted by molar-refractivity contribution is 7.07. The van der Waals surface area contributed by atoms with Gasteiger partial charge in [-0.25, -0.2) is 9.79 Å². The van der Waals surface area contributed by atoms with Crippen molar-refractivity contribution in [3.8, 4) is 0 Å². The van der Waals surface area contributed by atoms with Crippen LogP contribution in [-0.4, -0.2) is 74.1 Å². The molecule has 43 heavy (non-hydrogen) atoms. The molecule has 1 aromatic heterocycles. The monoisotopic (exact) mass is 597 g/mol. The van der Waals surface area contributed by atoms with Crippen LogP contribution in [0.5, 0.6) is 0 Å².